The third-order valence-corrected chi connectivity index (χ3v) is 7.41. The fourth-order valence-corrected chi connectivity index (χ4v) is 4.97. The summed E-state index contributed by atoms with van der Waals surface area (Å²) in [6.07, 6.45) is 7.35. The molecule has 1 fully saturated rings. The number of ether oxygens (including phenoxy) is 3. The zero-order valence-corrected chi connectivity index (χ0v) is 25.8. The molecule has 0 aromatic carbocycles. The molecule has 0 atom stereocenters. The minimum Gasteiger partial charge on any atom is -0.384 e. The number of allylic oxidation sites excluding steroid dienone is 1. The van der Waals surface area contributed by atoms with E-state index in [-0.39, 0.29) is 18.1 Å². The third kappa shape index (κ3) is 9.16. The summed E-state index contributed by atoms with van der Waals surface area (Å²) in [5.74, 6) is 0.949. The van der Waals surface area contributed by atoms with Gasteiger partial charge < -0.3 is 29.5 Å². The Labute approximate surface area is 253 Å². The third-order valence-electron chi connectivity index (χ3n) is 7.41. The summed E-state index contributed by atoms with van der Waals surface area (Å²) in [7, 11) is 0. The van der Waals surface area contributed by atoms with Crippen LogP contribution in [0, 0.1) is 0 Å². The van der Waals surface area contributed by atoms with Crippen molar-refractivity contribution in [2.45, 2.75) is 64.6 Å². The van der Waals surface area contributed by atoms with E-state index >= 15 is 0 Å². The summed E-state index contributed by atoms with van der Waals surface area (Å²) in [6.45, 7) is 16.2. The highest BCUT2D eigenvalue weighted by Gasteiger charge is 2.23. The van der Waals surface area contributed by atoms with Gasteiger partial charge in [-0.1, -0.05) is 25.5 Å². The predicted octanol–water partition coefficient (Wildman–Crippen LogP) is 3.12. The van der Waals surface area contributed by atoms with Crippen molar-refractivity contribution in [3.8, 4) is 5.82 Å². The van der Waals surface area contributed by atoms with Crippen LogP contribution < -0.4 is 10.9 Å². The Hall–Kier alpha value is -3.16. The Bertz CT molecular complexity index is 1360. The van der Waals surface area contributed by atoms with Crippen molar-refractivity contribution in [1.29, 1.82) is 0 Å². The topological polar surface area (TPSA) is 129 Å². The van der Waals surface area contributed by atoms with Crippen LogP contribution in [0.3, 0.4) is 0 Å². The van der Waals surface area contributed by atoms with E-state index in [4.69, 9.17) is 19.2 Å². The van der Waals surface area contributed by atoms with Crippen LogP contribution in [0.5, 0.6) is 0 Å². The highest BCUT2D eigenvalue weighted by molar-refractivity contribution is 5.76. The molecule has 12 nitrogen and oxygen atoms in total. The number of rotatable bonds is 18. The van der Waals surface area contributed by atoms with E-state index in [0.717, 1.165) is 51.9 Å². The second-order valence-corrected chi connectivity index (χ2v) is 11.3. The first-order valence-electron chi connectivity index (χ1n) is 15.3. The van der Waals surface area contributed by atoms with Crippen molar-refractivity contribution in [2.75, 3.05) is 64.6 Å². The SMILES string of the molecule is C=CCn1c(=O)c2cnc(NC3CCN(CCOCCOCCOCCCC)CC3)nc2n1-c1cccc(C(C)(C)O)n1. The summed E-state index contributed by atoms with van der Waals surface area (Å²) in [4.78, 5) is 29.5. The predicted molar refractivity (Wildman–Crippen MR) is 167 cm³/mol. The summed E-state index contributed by atoms with van der Waals surface area (Å²) in [5.41, 5.74) is -0.420. The summed E-state index contributed by atoms with van der Waals surface area (Å²) < 4.78 is 20.0. The second-order valence-electron chi connectivity index (χ2n) is 11.3. The molecule has 4 rings (SSSR count). The number of aromatic nitrogens is 5. The van der Waals surface area contributed by atoms with E-state index in [1.165, 1.54) is 4.68 Å². The van der Waals surface area contributed by atoms with Crippen molar-refractivity contribution in [3.63, 3.8) is 0 Å². The van der Waals surface area contributed by atoms with E-state index in [0.29, 0.717) is 61.5 Å². The number of fused-ring (bicyclic) bond motifs is 1. The van der Waals surface area contributed by atoms with Gasteiger partial charge in [-0.05, 0) is 45.2 Å². The Morgan fingerprint density at radius 3 is 2.44 bits per heavy atom. The van der Waals surface area contributed by atoms with Gasteiger partial charge in [-0.15, -0.1) is 6.58 Å². The van der Waals surface area contributed by atoms with Gasteiger partial charge >= 0.3 is 0 Å². The molecule has 0 aliphatic carbocycles. The maximum Gasteiger partial charge on any atom is 0.278 e. The zero-order valence-electron chi connectivity index (χ0n) is 25.8. The van der Waals surface area contributed by atoms with E-state index < -0.39 is 5.60 Å². The molecule has 3 aromatic heterocycles. The van der Waals surface area contributed by atoms with Gasteiger partial charge in [-0.25, -0.2) is 19.3 Å². The van der Waals surface area contributed by atoms with Crippen molar-refractivity contribution < 1.29 is 19.3 Å². The van der Waals surface area contributed by atoms with Gasteiger partial charge in [0.1, 0.15) is 11.0 Å². The van der Waals surface area contributed by atoms with Gasteiger partial charge in [0.2, 0.25) is 5.95 Å². The lowest BCUT2D eigenvalue weighted by Gasteiger charge is -2.32. The molecular weight excluding hydrogens is 550 g/mol. The maximum absolute atomic E-state index is 13.2. The van der Waals surface area contributed by atoms with Crippen LogP contribution in [0.2, 0.25) is 0 Å². The molecule has 1 aliphatic heterocycles. The number of piperidine rings is 1. The van der Waals surface area contributed by atoms with Crippen LogP contribution in [-0.4, -0.2) is 99.6 Å². The number of hydrogen-bond donors (Lipinski definition) is 2. The van der Waals surface area contributed by atoms with Crippen LogP contribution >= 0.6 is 0 Å². The highest BCUT2D eigenvalue weighted by atomic mass is 16.5. The standard InChI is InChI=1S/C31H47N7O5/c1-5-7-17-41-19-21-43-22-20-42-18-16-36-14-11-24(12-15-36)33-30-32-23-25-28(35-30)38(37(13-6-2)29(25)39)27-10-8-9-26(34-27)31(3,4)40/h6,8-10,23-24,40H,2,5,7,11-22H2,1,3-4H3,(H,32,33,35). The van der Waals surface area contributed by atoms with Gasteiger partial charge in [-0.3, -0.25) is 4.79 Å². The fourth-order valence-electron chi connectivity index (χ4n) is 4.97. The van der Waals surface area contributed by atoms with Crippen LogP contribution in [-0.2, 0) is 26.4 Å². The zero-order chi connectivity index (χ0) is 30.7. The molecule has 0 saturated carbocycles. The van der Waals surface area contributed by atoms with Crippen molar-refractivity contribution in [1.82, 2.24) is 29.2 Å². The number of pyridine rings is 1. The smallest absolute Gasteiger partial charge is 0.278 e. The number of nitrogens with one attached hydrogen (secondary N) is 1. The van der Waals surface area contributed by atoms with Gasteiger partial charge in [0.25, 0.3) is 5.56 Å². The van der Waals surface area contributed by atoms with E-state index in [9.17, 15) is 9.90 Å². The molecule has 3 aromatic rings. The average Bonchev–Trinajstić information content (AvgIpc) is 3.27. The molecule has 43 heavy (non-hydrogen) atoms. The number of aliphatic hydroxyl groups is 1. The molecule has 0 bridgehead atoms. The van der Waals surface area contributed by atoms with E-state index in [2.05, 4.69) is 33.7 Å². The first-order chi connectivity index (χ1) is 20.8. The maximum atomic E-state index is 13.2. The first-order valence-corrected chi connectivity index (χ1v) is 15.3. The van der Waals surface area contributed by atoms with Gasteiger partial charge in [-0.2, -0.15) is 4.98 Å². The fraction of sp³-hybridized carbons (Fsp3) is 0.613. The van der Waals surface area contributed by atoms with Crippen LogP contribution in [0.15, 0.2) is 41.8 Å². The van der Waals surface area contributed by atoms with E-state index in [1.807, 2.05) is 6.07 Å². The average molecular weight is 598 g/mol. The number of anilines is 1. The molecular formula is C31H47N7O5. The molecule has 4 heterocycles. The number of unbranched alkanes of at least 4 members (excludes halogenated alkanes) is 1. The quantitative estimate of drug-likeness (QED) is 0.167. The molecule has 236 valence electrons. The Morgan fingerprint density at radius 1 is 1.07 bits per heavy atom. The molecule has 2 N–H and O–H groups in total. The summed E-state index contributed by atoms with van der Waals surface area (Å²) in [5, 5.41) is 14.4. The van der Waals surface area contributed by atoms with Gasteiger partial charge in [0.05, 0.1) is 45.3 Å². The van der Waals surface area contributed by atoms with Crippen LogP contribution in [0.4, 0.5) is 5.95 Å². The lowest BCUT2D eigenvalue weighted by Crippen LogP contribution is -2.40. The second kappa shape index (κ2) is 16.1. The normalized spacial score (nSPS) is 14.9. The molecule has 0 amide bonds. The van der Waals surface area contributed by atoms with Crippen molar-refractivity contribution in [2.24, 2.45) is 0 Å². The number of likely N-dealkylation sites (tertiary alicyclic amines) is 1. The molecule has 1 saturated heterocycles. The largest absolute Gasteiger partial charge is 0.384 e. The summed E-state index contributed by atoms with van der Waals surface area (Å²) >= 11 is 0. The molecule has 1 aliphatic rings. The lowest BCUT2D eigenvalue weighted by molar-refractivity contribution is 0.00924. The number of hydrogen-bond acceptors (Lipinski definition) is 10. The number of nitrogens with zero attached hydrogens (tertiary/aromatic N) is 6. The lowest BCUT2D eigenvalue weighted by atomic mass is 10.1. The van der Waals surface area contributed by atoms with Crippen molar-refractivity contribution in [3.05, 3.63) is 53.1 Å². The molecule has 12 heteroatoms. The monoisotopic (exact) mass is 597 g/mol. The Morgan fingerprint density at radius 2 is 1.77 bits per heavy atom. The van der Waals surface area contributed by atoms with Crippen molar-refractivity contribution >= 4 is 17.0 Å². The van der Waals surface area contributed by atoms with Gasteiger partial charge in [0, 0.05) is 38.5 Å². The van der Waals surface area contributed by atoms with Crippen LogP contribution in [0.25, 0.3) is 16.9 Å². The van der Waals surface area contributed by atoms with E-state index in [1.54, 1.807) is 42.9 Å². The molecule has 0 unspecified atom stereocenters. The van der Waals surface area contributed by atoms with Crippen LogP contribution in [0.1, 0.15) is 52.1 Å². The minimum atomic E-state index is -1.14. The first kappa shape index (κ1) is 32.7. The highest BCUT2D eigenvalue weighted by Crippen LogP contribution is 2.22. The van der Waals surface area contributed by atoms with Gasteiger partial charge in [0.15, 0.2) is 11.5 Å². The Kier molecular flexibility index (Phi) is 12.2. The minimum absolute atomic E-state index is 0.217. The Balaban J connectivity index is 1.30. The summed E-state index contributed by atoms with van der Waals surface area (Å²) in [6, 6.07) is 5.57. The molecule has 0 radical (unpaired) electrons. The molecule has 0 spiro atoms.